The molecular formula is C17H22N2O2S. The van der Waals surface area contributed by atoms with Crippen molar-refractivity contribution in [3.8, 4) is 0 Å². The molecule has 0 atom stereocenters. The Hall–Kier alpha value is -1.59. The third kappa shape index (κ3) is 3.78. The first-order valence-corrected chi connectivity index (χ1v) is 8.01. The highest BCUT2D eigenvalue weighted by Gasteiger charge is 2.35. The summed E-state index contributed by atoms with van der Waals surface area (Å²) in [7, 11) is 3.66. The second kappa shape index (κ2) is 6.26. The molecule has 1 aliphatic rings. The van der Waals surface area contributed by atoms with Crippen molar-refractivity contribution in [3.05, 3.63) is 40.3 Å². The first kappa shape index (κ1) is 16.8. The monoisotopic (exact) mass is 318 g/mol. The number of carbonyl (C=O) groups excluding carboxylic acids is 2. The van der Waals surface area contributed by atoms with Crippen LogP contribution in [0.5, 0.6) is 0 Å². The van der Waals surface area contributed by atoms with Crippen LogP contribution in [0.2, 0.25) is 0 Å². The summed E-state index contributed by atoms with van der Waals surface area (Å²) in [6.45, 7) is 6.79. The fraction of sp³-hybridized carbons (Fsp3) is 0.412. The zero-order valence-electron chi connectivity index (χ0n) is 13.7. The second-order valence-electron chi connectivity index (χ2n) is 6.70. The van der Waals surface area contributed by atoms with Crippen molar-refractivity contribution in [3.63, 3.8) is 0 Å². The summed E-state index contributed by atoms with van der Waals surface area (Å²) in [6, 6.07) is 8.10. The Bertz CT molecular complexity index is 613. The van der Waals surface area contributed by atoms with Gasteiger partial charge in [-0.05, 0) is 48.5 Å². The molecule has 22 heavy (non-hydrogen) atoms. The average Bonchev–Trinajstić information content (AvgIpc) is 2.66. The second-order valence-corrected chi connectivity index (χ2v) is 7.70. The largest absolute Gasteiger partial charge is 0.294 e. The zero-order chi connectivity index (χ0) is 16.5. The summed E-state index contributed by atoms with van der Waals surface area (Å²) in [5, 5.41) is -0.212. The van der Waals surface area contributed by atoms with Crippen molar-refractivity contribution in [2.24, 2.45) is 0 Å². The minimum atomic E-state index is -0.219. The third-order valence-corrected chi connectivity index (χ3v) is 4.28. The number of nitrogens with zero attached hydrogens (tertiary/aromatic N) is 2. The average molecular weight is 318 g/mol. The van der Waals surface area contributed by atoms with Gasteiger partial charge in [-0.15, -0.1) is 0 Å². The van der Waals surface area contributed by atoms with Crippen LogP contribution in [0, 0.1) is 0 Å². The summed E-state index contributed by atoms with van der Waals surface area (Å²) in [4.78, 5) is 27.7. The third-order valence-electron chi connectivity index (χ3n) is 3.37. The van der Waals surface area contributed by atoms with Gasteiger partial charge in [0.1, 0.15) is 0 Å². The van der Waals surface area contributed by atoms with E-state index in [-0.39, 0.29) is 16.6 Å². The van der Waals surface area contributed by atoms with E-state index in [2.05, 4.69) is 32.9 Å². The number of benzene rings is 1. The summed E-state index contributed by atoms with van der Waals surface area (Å²) in [5.74, 6) is -0.219. The van der Waals surface area contributed by atoms with E-state index in [0.717, 1.165) is 17.3 Å². The first-order valence-electron chi connectivity index (χ1n) is 7.19. The summed E-state index contributed by atoms with van der Waals surface area (Å²) < 4.78 is 0. The highest BCUT2D eigenvalue weighted by atomic mass is 32.2. The van der Waals surface area contributed by atoms with Crippen LogP contribution in [-0.2, 0) is 10.2 Å². The van der Waals surface area contributed by atoms with E-state index < -0.39 is 0 Å². The van der Waals surface area contributed by atoms with Gasteiger partial charge < -0.3 is 0 Å². The van der Waals surface area contributed by atoms with E-state index in [9.17, 15) is 9.59 Å². The van der Waals surface area contributed by atoms with E-state index in [1.807, 2.05) is 26.2 Å². The van der Waals surface area contributed by atoms with Crippen LogP contribution in [0.4, 0.5) is 4.79 Å². The zero-order valence-corrected chi connectivity index (χ0v) is 14.5. The van der Waals surface area contributed by atoms with Gasteiger partial charge in [0.15, 0.2) is 0 Å². The number of imide groups is 1. The molecule has 4 nitrogen and oxygen atoms in total. The van der Waals surface area contributed by atoms with Gasteiger partial charge in [-0.1, -0.05) is 45.0 Å². The predicted octanol–water partition coefficient (Wildman–Crippen LogP) is 3.54. The minimum absolute atomic E-state index is 0.0993. The van der Waals surface area contributed by atoms with Gasteiger partial charge >= 0.3 is 0 Å². The molecule has 0 unspecified atom stereocenters. The lowest BCUT2D eigenvalue weighted by atomic mass is 9.87. The van der Waals surface area contributed by atoms with Gasteiger partial charge in [0.25, 0.3) is 11.1 Å². The van der Waals surface area contributed by atoms with Gasteiger partial charge in [-0.25, -0.2) is 0 Å². The van der Waals surface area contributed by atoms with Crippen molar-refractivity contribution in [1.82, 2.24) is 9.80 Å². The van der Waals surface area contributed by atoms with Gasteiger partial charge in [-0.3, -0.25) is 19.4 Å². The molecule has 1 aromatic carbocycles. The minimum Gasteiger partial charge on any atom is -0.292 e. The Morgan fingerprint density at radius 1 is 1.14 bits per heavy atom. The molecule has 1 aromatic rings. The number of hydrogen-bond donors (Lipinski definition) is 0. The van der Waals surface area contributed by atoms with Crippen LogP contribution in [0.3, 0.4) is 0 Å². The smallest absolute Gasteiger partial charge is 0.292 e. The van der Waals surface area contributed by atoms with Crippen LogP contribution in [-0.4, -0.2) is 41.7 Å². The van der Waals surface area contributed by atoms with Crippen LogP contribution in [0.15, 0.2) is 29.2 Å². The standard InChI is InChI=1S/C17H22N2O2S/c1-17(2,3)13-8-6-12(7-9-13)10-14-15(20)19(11-18(4)5)16(21)22-14/h6-10H,11H2,1-5H3/b14-10+. The summed E-state index contributed by atoms with van der Waals surface area (Å²) in [6.07, 6.45) is 1.78. The molecule has 5 heteroatoms. The van der Waals surface area contributed by atoms with Gasteiger partial charge in [0.2, 0.25) is 0 Å². The molecule has 0 N–H and O–H groups in total. The molecule has 0 radical (unpaired) electrons. The maximum atomic E-state index is 12.3. The van der Waals surface area contributed by atoms with Crippen LogP contribution < -0.4 is 0 Å². The van der Waals surface area contributed by atoms with Crippen molar-refractivity contribution in [1.29, 1.82) is 0 Å². The maximum absolute atomic E-state index is 12.3. The maximum Gasteiger partial charge on any atom is 0.294 e. The number of thioether (sulfide) groups is 1. The molecule has 0 aromatic heterocycles. The van der Waals surface area contributed by atoms with E-state index in [4.69, 9.17) is 0 Å². The van der Waals surface area contributed by atoms with Crippen LogP contribution >= 0.6 is 11.8 Å². The number of amides is 2. The molecule has 2 rings (SSSR count). The fourth-order valence-electron chi connectivity index (χ4n) is 2.14. The molecule has 118 valence electrons. The SMILES string of the molecule is CN(C)CN1C(=O)S/C(=C/c2ccc(C(C)(C)C)cc2)C1=O. The normalized spacial score (nSPS) is 17.9. The molecule has 2 amide bonds. The lowest BCUT2D eigenvalue weighted by Crippen LogP contribution is -2.36. The van der Waals surface area contributed by atoms with Crippen molar-refractivity contribution in [2.45, 2.75) is 26.2 Å². The number of carbonyl (C=O) groups is 2. The first-order chi connectivity index (χ1) is 10.2. The van der Waals surface area contributed by atoms with Gasteiger partial charge in [0.05, 0.1) is 11.6 Å². The van der Waals surface area contributed by atoms with Gasteiger partial charge in [0, 0.05) is 0 Å². The molecule has 0 spiro atoms. The van der Waals surface area contributed by atoms with Gasteiger partial charge in [-0.2, -0.15) is 0 Å². The number of rotatable bonds is 3. The van der Waals surface area contributed by atoms with Crippen molar-refractivity contribution >= 4 is 29.0 Å². The highest BCUT2D eigenvalue weighted by molar-refractivity contribution is 8.18. The molecule has 1 fully saturated rings. The Labute approximate surface area is 136 Å². The lowest BCUT2D eigenvalue weighted by molar-refractivity contribution is -0.123. The lowest BCUT2D eigenvalue weighted by Gasteiger charge is -2.18. The van der Waals surface area contributed by atoms with E-state index in [1.54, 1.807) is 11.0 Å². The summed E-state index contributed by atoms with van der Waals surface area (Å²) >= 11 is 1.00. The van der Waals surface area contributed by atoms with E-state index in [0.29, 0.717) is 11.6 Å². The predicted molar refractivity (Wildman–Crippen MR) is 91.5 cm³/mol. The Morgan fingerprint density at radius 3 is 2.23 bits per heavy atom. The highest BCUT2D eigenvalue weighted by Crippen LogP contribution is 2.32. The topological polar surface area (TPSA) is 40.6 Å². The Balaban J connectivity index is 2.20. The summed E-state index contributed by atoms with van der Waals surface area (Å²) in [5.41, 5.74) is 2.27. The van der Waals surface area contributed by atoms with Crippen LogP contribution in [0.1, 0.15) is 31.9 Å². The molecule has 1 aliphatic heterocycles. The van der Waals surface area contributed by atoms with Crippen molar-refractivity contribution in [2.75, 3.05) is 20.8 Å². The molecule has 0 bridgehead atoms. The number of hydrogen-bond acceptors (Lipinski definition) is 4. The Morgan fingerprint density at radius 2 is 1.73 bits per heavy atom. The molecule has 1 heterocycles. The fourth-order valence-corrected chi connectivity index (χ4v) is 2.97. The molecule has 0 saturated carbocycles. The van der Waals surface area contributed by atoms with Crippen molar-refractivity contribution < 1.29 is 9.59 Å². The quantitative estimate of drug-likeness (QED) is 0.799. The van der Waals surface area contributed by atoms with Crippen LogP contribution in [0.25, 0.3) is 6.08 Å². The molecular weight excluding hydrogens is 296 g/mol. The van der Waals surface area contributed by atoms with E-state index >= 15 is 0 Å². The van der Waals surface area contributed by atoms with E-state index in [1.165, 1.54) is 10.5 Å². The molecule has 1 saturated heterocycles. The molecule has 0 aliphatic carbocycles. The Kier molecular flexibility index (Phi) is 4.78.